The van der Waals surface area contributed by atoms with Crippen LogP contribution < -0.4 is 4.90 Å². The molecule has 8 heteroatoms. The van der Waals surface area contributed by atoms with Crippen LogP contribution in [0.1, 0.15) is 16.9 Å². The van der Waals surface area contributed by atoms with Gasteiger partial charge in [0, 0.05) is 27.1 Å². The maximum absolute atomic E-state index is 11.7. The van der Waals surface area contributed by atoms with Gasteiger partial charge in [-0.25, -0.2) is 4.79 Å². The molecule has 1 saturated heterocycles. The summed E-state index contributed by atoms with van der Waals surface area (Å²) >= 11 is 0. The molecule has 0 radical (unpaired) electrons. The quantitative estimate of drug-likeness (QED) is 0.746. The number of hydrogen-bond acceptors (Lipinski definition) is 6. The van der Waals surface area contributed by atoms with Crippen LogP contribution >= 0.6 is 0 Å². The highest BCUT2D eigenvalue weighted by molar-refractivity contribution is 5.91. The van der Waals surface area contributed by atoms with Crippen molar-refractivity contribution in [1.82, 2.24) is 15.1 Å². The Bertz CT molecular complexity index is 517. The topological polar surface area (TPSA) is 107 Å². The fourth-order valence-corrected chi connectivity index (χ4v) is 2.12. The van der Waals surface area contributed by atoms with E-state index in [1.165, 1.54) is 21.9 Å². The number of carboxylic acids is 1. The number of aliphatic hydroxyl groups is 1. The summed E-state index contributed by atoms with van der Waals surface area (Å²) in [7, 11) is 3.21. The third-order valence-electron chi connectivity index (χ3n) is 3.13. The zero-order valence-corrected chi connectivity index (χ0v) is 11.2. The zero-order chi connectivity index (χ0) is 14.9. The first-order valence-corrected chi connectivity index (χ1v) is 6.13. The van der Waals surface area contributed by atoms with Crippen LogP contribution in [-0.2, 0) is 4.79 Å². The number of nitrogens with zero attached hydrogens (tertiary/aromatic N) is 4. The minimum atomic E-state index is -1.02. The third-order valence-corrected chi connectivity index (χ3v) is 3.13. The maximum Gasteiger partial charge on any atom is 0.326 e. The molecule has 0 spiro atoms. The van der Waals surface area contributed by atoms with Gasteiger partial charge >= 0.3 is 5.97 Å². The molecule has 2 atom stereocenters. The number of rotatable bonds is 3. The normalized spacial score (nSPS) is 21.9. The van der Waals surface area contributed by atoms with E-state index in [0.717, 1.165) is 0 Å². The van der Waals surface area contributed by atoms with Gasteiger partial charge < -0.3 is 20.0 Å². The molecular formula is C12H16N4O4. The Morgan fingerprint density at radius 2 is 2.05 bits per heavy atom. The Kier molecular flexibility index (Phi) is 3.84. The van der Waals surface area contributed by atoms with Crippen molar-refractivity contribution < 1.29 is 19.8 Å². The van der Waals surface area contributed by atoms with E-state index < -0.39 is 18.1 Å². The second kappa shape index (κ2) is 5.41. The molecular weight excluding hydrogens is 264 g/mol. The minimum absolute atomic E-state index is 0.148. The first-order chi connectivity index (χ1) is 9.40. The highest BCUT2D eigenvalue weighted by Crippen LogP contribution is 2.23. The first-order valence-electron chi connectivity index (χ1n) is 6.13. The van der Waals surface area contributed by atoms with Gasteiger partial charge in [-0.2, -0.15) is 0 Å². The summed E-state index contributed by atoms with van der Waals surface area (Å²) in [5, 5.41) is 26.4. The molecule has 20 heavy (non-hydrogen) atoms. The van der Waals surface area contributed by atoms with Gasteiger partial charge in [-0.15, -0.1) is 10.2 Å². The predicted octanol–water partition coefficient (Wildman–Crippen LogP) is -0.797. The molecule has 1 aliphatic rings. The SMILES string of the molecule is CN(C)C(=O)c1ccc(N2CC(O)CC2C(=O)O)nn1. The molecule has 0 saturated carbocycles. The largest absolute Gasteiger partial charge is 0.480 e. The van der Waals surface area contributed by atoms with Crippen LogP contribution in [0.2, 0.25) is 0 Å². The molecule has 1 amide bonds. The van der Waals surface area contributed by atoms with Crippen LogP contribution in [0.15, 0.2) is 12.1 Å². The molecule has 0 aromatic carbocycles. The lowest BCUT2D eigenvalue weighted by Crippen LogP contribution is -2.36. The number of carbonyl (C=O) groups excluding carboxylic acids is 1. The third kappa shape index (κ3) is 2.69. The van der Waals surface area contributed by atoms with Gasteiger partial charge in [0.2, 0.25) is 0 Å². The number of anilines is 1. The van der Waals surface area contributed by atoms with Crippen molar-refractivity contribution in [3.05, 3.63) is 17.8 Å². The van der Waals surface area contributed by atoms with Crippen molar-refractivity contribution in [2.45, 2.75) is 18.6 Å². The maximum atomic E-state index is 11.7. The van der Waals surface area contributed by atoms with E-state index in [2.05, 4.69) is 10.2 Å². The van der Waals surface area contributed by atoms with Crippen LogP contribution in [0.5, 0.6) is 0 Å². The monoisotopic (exact) mass is 280 g/mol. The molecule has 1 fully saturated rings. The van der Waals surface area contributed by atoms with Gasteiger partial charge in [-0.05, 0) is 12.1 Å². The lowest BCUT2D eigenvalue weighted by Gasteiger charge is -2.21. The second-order valence-corrected chi connectivity index (χ2v) is 4.87. The summed E-state index contributed by atoms with van der Waals surface area (Å²) in [6.45, 7) is 0.187. The van der Waals surface area contributed by atoms with Crippen molar-refractivity contribution in [2.24, 2.45) is 0 Å². The molecule has 2 unspecified atom stereocenters. The summed E-state index contributed by atoms with van der Waals surface area (Å²) in [4.78, 5) is 25.7. The Labute approximate surface area is 115 Å². The predicted molar refractivity (Wildman–Crippen MR) is 69.4 cm³/mol. The zero-order valence-electron chi connectivity index (χ0n) is 11.2. The first kappa shape index (κ1) is 14.2. The molecule has 1 aliphatic heterocycles. The molecule has 108 valence electrons. The van der Waals surface area contributed by atoms with Crippen LogP contribution in [0, 0.1) is 0 Å². The average molecular weight is 280 g/mol. The van der Waals surface area contributed by atoms with E-state index in [-0.39, 0.29) is 24.6 Å². The lowest BCUT2D eigenvalue weighted by atomic mass is 10.2. The van der Waals surface area contributed by atoms with Crippen molar-refractivity contribution in [1.29, 1.82) is 0 Å². The van der Waals surface area contributed by atoms with E-state index in [1.54, 1.807) is 14.1 Å². The van der Waals surface area contributed by atoms with E-state index in [0.29, 0.717) is 5.82 Å². The molecule has 2 rings (SSSR count). The molecule has 2 N–H and O–H groups in total. The fraction of sp³-hybridized carbons (Fsp3) is 0.500. The summed E-state index contributed by atoms with van der Waals surface area (Å²) in [5.41, 5.74) is 0.186. The van der Waals surface area contributed by atoms with Gasteiger partial charge in [0.05, 0.1) is 6.10 Å². The van der Waals surface area contributed by atoms with Crippen LogP contribution in [0.3, 0.4) is 0 Å². The van der Waals surface area contributed by atoms with E-state index in [4.69, 9.17) is 5.11 Å². The van der Waals surface area contributed by atoms with Gasteiger partial charge in [-0.1, -0.05) is 0 Å². The molecule has 8 nitrogen and oxygen atoms in total. The van der Waals surface area contributed by atoms with E-state index in [1.807, 2.05) is 0 Å². The van der Waals surface area contributed by atoms with E-state index in [9.17, 15) is 14.7 Å². The Morgan fingerprint density at radius 3 is 2.55 bits per heavy atom. The number of amides is 1. The van der Waals surface area contributed by atoms with Crippen molar-refractivity contribution >= 4 is 17.7 Å². The highest BCUT2D eigenvalue weighted by atomic mass is 16.4. The highest BCUT2D eigenvalue weighted by Gasteiger charge is 2.37. The van der Waals surface area contributed by atoms with Gasteiger partial charge in [0.15, 0.2) is 11.5 Å². The van der Waals surface area contributed by atoms with Crippen molar-refractivity contribution in [3.8, 4) is 0 Å². The summed E-state index contributed by atoms with van der Waals surface area (Å²) in [6, 6.07) is 2.21. The number of hydrogen-bond donors (Lipinski definition) is 2. The summed E-state index contributed by atoms with van der Waals surface area (Å²) < 4.78 is 0. The van der Waals surface area contributed by atoms with Gasteiger partial charge in [0.1, 0.15) is 6.04 Å². The summed E-state index contributed by atoms with van der Waals surface area (Å²) in [6.07, 6.45) is -0.559. The van der Waals surface area contributed by atoms with Crippen LogP contribution in [-0.4, -0.2) is 70.0 Å². The Balaban J connectivity index is 2.21. The second-order valence-electron chi connectivity index (χ2n) is 4.87. The number of aliphatic carboxylic acids is 1. The Hall–Kier alpha value is -2.22. The molecule has 2 heterocycles. The number of β-amino-alcohol motifs (C(OH)–C–C–N with tert-alkyl or cyclic N) is 1. The van der Waals surface area contributed by atoms with E-state index >= 15 is 0 Å². The van der Waals surface area contributed by atoms with Crippen LogP contribution in [0.4, 0.5) is 5.82 Å². The van der Waals surface area contributed by atoms with Gasteiger partial charge in [-0.3, -0.25) is 4.79 Å². The van der Waals surface area contributed by atoms with Crippen molar-refractivity contribution in [2.75, 3.05) is 25.5 Å². The Morgan fingerprint density at radius 1 is 1.35 bits per heavy atom. The molecule has 1 aromatic heterocycles. The molecule has 1 aromatic rings. The number of aliphatic hydroxyl groups excluding tert-OH is 1. The molecule has 0 aliphatic carbocycles. The minimum Gasteiger partial charge on any atom is -0.480 e. The number of carbonyl (C=O) groups is 2. The number of carboxylic acid groups (broad SMARTS) is 1. The number of aromatic nitrogens is 2. The fourth-order valence-electron chi connectivity index (χ4n) is 2.12. The van der Waals surface area contributed by atoms with Crippen molar-refractivity contribution in [3.63, 3.8) is 0 Å². The summed E-state index contributed by atoms with van der Waals surface area (Å²) in [5.74, 6) is -0.957. The lowest BCUT2D eigenvalue weighted by molar-refractivity contribution is -0.138. The standard InChI is InChI=1S/C12H16N4O4/c1-15(2)11(18)8-3-4-10(14-13-8)16-6-7(17)5-9(16)12(19)20/h3-4,7,9,17H,5-6H2,1-2H3,(H,19,20). The van der Waals surface area contributed by atoms with Crippen LogP contribution in [0.25, 0.3) is 0 Å². The smallest absolute Gasteiger partial charge is 0.326 e. The molecule has 0 bridgehead atoms. The van der Waals surface area contributed by atoms with Gasteiger partial charge in [0.25, 0.3) is 5.91 Å². The average Bonchev–Trinajstić information content (AvgIpc) is 2.80.